The van der Waals surface area contributed by atoms with Crippen LogP contribution in [0.3, 0.4) is 0 Å². The molecule has 0 fully saturated rings. The highest BCUT2D eigenvalue weighted by Crippen LogP contribution is 2.26. The molecule has 0 amide bonds. The number of hydrogen-bond acceptors (Lipinski definition) is 3. The number of hydrogen-bond donors (Lipinski definition) is 1. The number of anilines is 2. The van der Waals surface area contributed by atoms with Crippen LogP contribution in [0.25, 0.3) is 0 Å². The molecule has 2 heterocycles. The molecular weight excluding hydrogens is 186 g/mol. The number of nitrogens with one attached hydrogen (secondary N) is 1. The summed E-state index contributed by atoms with van der Waals surface area (Å²) < 4.78 is 0. The first kappa shape index (κ1) is 8.63. The van der Waals surface area contributed by atoms with Gasteiger partial charge >= 0.3 is 0 Å². The molecular formula is C9H12ClN3. The van der Waals surface area contributed by atoms with Gasteiger partial charge in [-0.05, 0) is 18.6 Å². The molecule has 3 nitrogen and oxygen atoms in total. The van der Waals surface area contributed by atoms with E-state index in [9.17, 15) is 0 Å². The lowest BCUT2D eigenvalue weighted by Gasteiger charge is -2.17. The minimum Gasteiger partial charge on any atom is -0.372 e. The van der Waals surface area contributed by atoms with Gasteiger partial charge in [-0.2, -0.15) is 0 Å². The second-order valence-electron chi connectivity index (χ2n) is 3.20. The van der Waals surface area contributed by atoms with Gasteiger partial charge < -0.3 is 10.2 Å². The third kappa shape index (κ3) is 1.70. The van der Waals surface area contributed by atoms with Gasteiger partial charge in [0.15, 0.2) is 5.82 Å². The van der Waals surface area contributed by atoms with Gasteiger partial charge in [0, 0.05) is 20.1 Å². The summed E-state index contributed by atoms with van der Waals surface area (Å²) in [7, 11) is 2.07. The molecule has 1 aliphatic rings. The molecule has 0 bridgehead atoms. The Kier molecular flexibility index (Phi) is 2.27. The van der Waals surface area contributed by atoms with Crippen molar-refractivity contribution in [1.29, 1.82) is 0 Å². The first-order chi connectivity index (χ1) is 6.27. The number of pyridine rings is 1. The SMILES string of the molecule is CN1CCCNc2nc(Cl)ccc21. The summed E-state index contributed by atoms with van der Waals surface area (Å²) in [5.41, 5.74) is 1.13. The number of nitrogens with zero attached hydrogens (tertiary/aromatic N) is 2. The van der Waals surface area contributed by atoms with Crippen LogP contribution in [0.15, 0.2) is 12.1 Å². The van der Waals surface area contributed by atoms with Crippen molar-refractivity contribution in [1.82, 2.24) is 4.98 Å². The molecule has 1 aromatic rings. The second kappa shape index (κ2) is 3.42. The molecule has 0 saturated heterocycles. The van der Waals surface area contributed by atoms with Crippen LogP contribution in [-0.4, -0.2) is 25.1 Å². The zero-order chi connectivity index (χ0) is 9.26. The van der Waals surface area contributed by atoms with E-state index in [2.05, 4.69) is 22.2 Å². The van der Waals surface area contributed by atoms with Gasteiger partial charge in [-0.1, -0.05) is 11.6 Å². The van der Waals surface area contributed by atoms with Crippen LogP contribution in [0.4, 0.5) is 11.5 Å². The number of rotatable bonds is 0. The van der Waals surface area contributed by atoms with Gasteiger partial charge in [-0.25, -0.2) is 4.98 Å². The lowest BCUT2D eigenvalue weighted by atomic mass is 10.3. The largest absolute Gasteiger partial charge is 0.372 e. The summed E-state index contributed by atoms with van der Waals surface area (Å²) in [5, 5.41) is 3.80. The summed E-state index contributed by atoms with van der Waals surface area (Å²) in [5.74, 6) is 0.896. The van der Waals surface area contributed by atoms with Crippen LogP contribution in [0.1, 0.15) is 6.42 Å². The highest BCUT2D eigenvalue weighted by molar-refractivity contribution is 6.29. The lowest BCUT2D eigenvalue weighted by molar-refractivity contribution is 0.837. The average molecular weight is 198 g/mol. The smallest absolute Gasteiger partial charge is 0.151 e. The van der Waals surface area contributed by atoms with Crippen LogP contribution in [0, 0.1) is 0 Å². The summed E-state index contributed by atoms with van der Waals surface area (Å²) in [6.07, 6.45) is 1.13. The molecule has 0 radical (unpaired) electrons. The van der Waals surface area contributed by atoms with E-state index in [0.717, 1.165) is 31.0 Å². The van der Waals surface area contributed by atoms with Crippen LogP contribution in [0.5, 0.6) is 0 Å². The number of aromatic nitrogens is 1. The Morgan fingerprint density at radius 1 is 1.54 bits per heavy atom. The highest BCUT2D eigenvalue weighted by Gasteiger charge is 2.12. The maximum absolute atomic E-state index is 5.81. The van der Waals surface area contributed by atoms with Gasteiger partial charge in [0.05, 0.1) is 5.69 Å². The predicted molar refractivity (Wildman–Crippen MR) is 55.6 cm³/mol. The zero-order valence-corrected chi connectivity index (χ0v) is 8.30. The molecule has 4 heteroatoms. The Hall–Kier alpha value is -0.960. The molecule has 13 heavy (non-hydrogen) atoms. The first-order valence-electron chi connectivity index (χ1n) is 4.39. The Bertz CT molecular complexity index is 314. The van der Waals surface area contributed by atoms with E-state index in [1.54, 1.807) is 0 Å². The van der Waals surface area contributed by atoms with Crippen molar-refractivity contribution >= 4 is 23.1 Å². The van der Waals surface area contributed by atoms with Crippen molar-refractivity contribution in [3.63, 3.8) is 0 Å². The highest BCUT2D eigenvalue weighted by atomic mass is 35.5. The summed E-state index contributed by atoms with van der Waals surface area (Å²) in [4.78, 5) is 6.43. The monoisotopic (exact) mass is 197 g/mol. The summed E-state index contributed by atoms with van der Waals surface area (Å²) in [6, 6.07) is 3.83. The Morgan fingerprint density at radius 3 is 3.23 bits per heavy atom. The zero-order valence-electron chi connectivity index (χ0n) is 7.55. The lowest BCUT2D eigenvalue weighted by Crippen LogP contribution is -2.17. The Labute approximate surface area is 82.7 Å². The minimum absolute atomic E-state index is 0.543. The minimum atomic E-state index is 0.543. The van der Waals surface area contributed by atoms with E-state index < -0.39 is 0 Å². The maximum atomic E-state index is 5.81. The summed E-state index contributed by atoms with van der Waals surface area (Å²) in [6.45, 7) is 2.02. The standard InChI is InChI=1S/C9H12ClN3/c1-13-6-2-5-11-9-7(13)3-4-8(10)12-9/h3-4H,2,5-6H2,1H3,(H,11,12). The Morgan fingerprint density at radius 2 is 2.38 bits per heavy atom. The number of fused-ring (bicyclic) bond motifs is 1. The fourth-order valence-electron chi connectivity index (χ4n) is 1.51. The molecule has 1 aromatic heterocycles. The van der Waals surface area contributed by atoms with E-state index in [1.165, 1.54) is 0 Å². The Balaban J connectivity index is 2.42. The van der Waals surface area contributed by atoms with Gasteiger partial charge in [-0.15, -0.1) is 0 Å². The molecule has 0 spiro atoms. The van der Waals surface area contributed by atoms with Crippen molar-refractivity contribution in [3.05, 3.63) is 17.3 Å². The molecule has 0 aliphatic carbocycles. The quantitative estimate of drug-likeness (QED) is 0.645. The maximum Gasteiger partial charge on any atom is 0.151 e. The molecule has 2 rings (SSSR count). The molecule has 0 aromatic carbocycles. The molecule has 1 N–H and O–H groups in total. The first-order valence-corrected chi connectivity index (χ1v) is 4.77. The average Bonchev–Trinajstić information content (AvgIpc) is 2.28. The summed E-state index contributed by atoms with van der Waals surface area (Å²) >= 11 is 5.81. The van der Waals surface area contributed by atoms with Crippen LogP contribution < -0.4 is 10.2 Å². The van der Waals surface area contributed by atoms with Gasteiger partial charge in [0.1, 0.15) is 5.15 Å². The molecule has 70 valence electrons. The topological polar surface area (TPSA) is 28.2 Å². The van der Waals surface area contributed by atoms with Crippen molar-refractivity contribution < 1.29 is 0 Å². The predicted octanol–water partition coefficient (Wildman–Crippen LogP) is 1.99. The normalized spacial score (nSPS) is 16.0. The fraction of sp³-hybridized carbons (Fsp3) is 0.444. The van der Waals surface area contributed by atoms with Crippen molar-refractivity contribution in [2.24, 2.45) is 0 Å². The van der Waals surface area contributed by atoms with Crippen molar-refractivity contribution in [2.45, 2.75) is 6.42 Å². The second-order valence-corrected chi connectivity index (χ2v) is 3.59. The van der Waals surface area contributed by atoms with Gasteiger partial charge in [-0.3, -0.25) is 0 Å². The van der Waals surface area contributed by atoms with E-state index in [0.29, 0.717) is 5.15 Å². The van der Waals surface area contributed by atoms with Crippen LogP contribution in [0.2, 0.25) is 5.15 Å². The van der Waals surface area contributed by atoms with E-state index in [-0.39, 0.29) is 0 Å². The van der Waals surface area contributed by atoms with Gasteiger partial charge in [0.2, 0.25) is 0 Å². The van der Waals surface area contributed by atoms with Crippen LogP contribution in [-0.2, 0) is 0 Å². The van der Waals surface area contributed by atoms with Crippen LogP contribution >= 0.6 is 11.6 Å². The molecule has 1 aliphatic heterocycles. The van der Waals surface area contributed by atoms with Gasteiger partial charge in [0.25, 0.3) is 0 Å². The van der Waals surface area contributed by atoms with E-state index in [1.807, 2.05) is 12.1 Å². The third-order valence-corrected chi connectivity index (χ3v) is 2.42. The number of halogens is 1. The van der Waals surface area contributed by atoms with E-state index >= 15 is 0 Å². The van der Waals surface area contributed by atoms with E-state index in [4.69, 9.17) is 11.6 Å². The molecule has 0 saturated carbocycles. The van der Waals surface area contributed by atoms with Crippen molar-refractivity contribution in [2.75, 3.05) is 30.4 Å². The molecule has 0 unspecified atom stereocenters. The molecule has 0 atom stereocenters. The van der Waals surface area contributed by atoms with Crippen molar-refractivity contribution in [3.8, 4) is 0 Å². The fourth-order valence-corrected chi connectivity index (χ4v) is 1.66. The third-order valence-electron chi connectivity index (χ3n) is 2.21.